The average Bonchev–Trinajstić information content (AvgIpc) is 3.00. The van der Waals surface area contributed by atoms with Crippen LogP contribution in [0.5, 0.6) is 0 Å². The van der Waals surface area contributed by atoms with Crippen LogP contribution in [0.25, 0.3) is 0 Å². The fraction of sp³-hybridized carbons (Fsp3) is 0.250. The van der Waals surface area contributed by atoms with E-state index in [1.54, 1.807) is 23.5 Å². The van der Waals surface area contributed by atoms with Gasteiger partial charge in [0, 0.05) is 24.5 Å². The third-order valence-corrected chi connectivity index (χ3v) is 4.62. The van der Waals surface area contributed by atoms with E-state index in [0.717, 1.165) is 18.5 Å². The number of thiophene rings is 1. The van der Waals surface area contributed by atoms with Crippen LogP contribution in [-0.4, -0.2) is 17.5 Å². The van der Waals surface area contributed by atoms with Crippen LogP contribution in [0, 0.1) is 11.3 Å². The Morgan fingerprint density at radius 1 is 1.43 bits per heavy atom. The van der Waals surface area contributed by atoms with E-state index in [-0.39, 0.29) is 6.03 Å². The summed E-state index contributed by atoms with van der Waals surface area (Å²) in [5, 5.41) is 13.9. The Labute approximate surface area is 127 Å². The molecule has 0 atom stereocenters. The number of carbonyl (C=O) groups excluding carboxylic acids is 1. The number of benzene rings is 1. The number of urea groups is 1. The van der Waals surface area contributed by atoms with E-state index >= 15 is 0 Å². The van der Waals surface area contributed by atoms with Crippen LogP contribution in [0.15, 0.2) is 35.7 Å². The molecule has 2 aromatic rings. The Kier molecular flexibility index (Phi) is 3.89. The molecule has 1 aromatic carbocycles. The molecule has 0 fully saturated rings. The zero-order valence-electron chi connectivity index (χ0n) is 11.5. The fourth-order valence-electron chi connectivity index (χ4n) is 2.46. The first-order chi connectivity index (χ1) is 10.3. The van der Waals surface area contributed by atoms with Gasteiger partial charge >= 0.3 is 6.03 Å². The van der Waals surface area contributed by atoms with Gasteiger partial charge in [-0.3, -0.25) is 0 Å². The summed E-state index contributed by atoms with van der Waals surface area (Å²) < 4.78 is 0. The Hall–Kier alpha value is -2.32. The van der Waals surface area contributed by atoms with E-state index in [4.69, 9.17) is 5.26 Å². The molecule has 0 aliphatic carbocycles. The molecule has 5 heteroatoms. The average molecular weight is 297 g/mol. The van der Waals surface area contributed by atoms with Gasteiger partial charge in [0.1, 0.15) is 0 Å². The maximum absolute atomic E-state index is 12.2. The highest BCUT2D eigenvalue weighted by Gasteiger charge is 2.20. The maximum Gasteiger partial charge on any atom is 0.317 e. The molecule has 106 valence electrons. The van der Waals surface area contributed by atoms with Gasteiger partial charge in [-0.15, -0.1) is 11.3 Å². The van der Waals surface area contributed by atoms with Gasteiger partial charge in [0.15, 0.2) is 0 Å². The highest BCUT2D eigenvalue weighted by atomic mass is 32.1. The number of nitrogens with one attached hydrogen (secondary N) is 1. The van der Waals surface area contributed by atoms with Crippen LogP contribution in [0.4, 0.5) is 4.79 Å². The Balaban J connectivity index is 1.59. The highest BCUT2D eigenvalue weighted by molar-refractivity contribution is 7.10. The zero-order valence-corrected chi connectivity index (χ0v) is 12.3. The van der Waals surface area contributed by atoms with Gasteiger partial charge < -0.3 is 10.2 Å². The highest BCUT2D eigenvalue weighted by Crippen LogP contribution is 2.23. The summed E-state index contributed by atoms with van der Waals surface area (Å²) in [6.45, 7) is 1.89. The lowest BCUT2D eigenvalue weighted by Crippen LogP contribution is -2.42. The van der Waals surface area contributed by atoms with Gasteiger partial charge in [0.05, 0.1) is 11.6 Å². The van der Waals surface area contributed by atoms with Gasteiger partial charge in [-0.2, -0.15) is 5.26 Å². The second-order valence-corrected chi connectivity index (χ2v) is 6.01. The van der Waals surface area contributed by atoms with Gasteiger partial charge in [0.2, 0.25) is 0 Å². The molecule has 1 aliphatic heterocycles. The Morgan fingerprint density at radius 2 is 2.33 bits per heavy atom. The number of nitrogens with zero attached hydrogens (tertiary/aromatic N) is 2. The molecule has 1 N–H and O–H groups in total. The Bertz CT molecular complexity index is 702. The van der Waals surface area contributed by atoms with Crippen molar-refractivity contribution < 1.29 is 4.79 Å². The first-order valence-corrected chi connectivity index (χ1v) is 7.71. The van der Waals surface area contributed by atoms with Crippen LogP contribution < -0.4 is 5.32 Å². The van der Waals surface area contributed by atoms with Gasteiger partial charge in [-0.25, -0.2) is 4.79 Å². The minimum absolute atomic E-state index is 0.0470. The number of carbonyl (C=O) groups is 1. The minimum Gasteiger partial charge on any atom is -0.334 e. The third-order valence-electron chi connectivity index (χ3n) is 3.59. The number of hydrogen-bond donors (Lipinski definition) is 1. The fourth-order valence-corrected chi connectivity index (χ4v) is 3.35. The smallest absolute Gasteiger partial charge is 0.317 e. The molecule has 2 amide bonds. The summed E-state index contributed by atoms with van der Waals surface area (Å²) in [6.07, 6.45) is 0.935. The molecule has 21 heavy (non-hydrogen) atoms. The lowest BCUT2D eigenvalue weighted by atomic mass is 10.1. The van der Waals surface area contributed by atoms with Crippen molar-refractivity contribution in [3.8, 4) is 6.07 Å². The quantitative estimate of drug-likeness (QED) is 0.926. The van der Waals surface area contributed by atoms with Crippen LogP contribution in [0.3, 0.4) is 0 Å². The van der Waals surface area contributed by atoms with Crippen LogP contribution in [0.2, 0.25) is 0 Å². The minimum atomic E-state index is -0.0470. The number of amides is 2. The molecule has 0 unspecified atom stereocenters. The van der Waals surface area contributed by atoms with E-state index in [1.165, 1.54) is 10.4 Å². The first-order valence-electron chi connectivity index (χ1n) is 6.83. The van der Waals surface area contributed by atoms with E-state index in [2.05, 4.69) is 22.8 Å². The number of nitriles is 1. The van der Waals surface area contributed by atoms with Crippen molar-refractivity contribution >= 4 is 17.4 Å². The molecule has 3 rings (SSSR count). The first kappa shape index (κ1) is 13.7. The SMILES string of the molecule is N#Cc1cccc(CNC(=O)N2CCc3sccc3C2)c1. The largest absolute Gasteiger partial charge is 0.334 e. The standard InChI is InChI=1S/C16H15N3OS/c17-9-12-2-1-3-13(8-12)10-18-16(20)19-6-4-15-14(11-19)5-7-21-15/h1-3,5,7-8H,4,6,10-11H2,(H,18,20). The molecule has 0 saturated heterocycles. The van der Waals surface area contributed by atoms with Crippen LogP contribution >= 0.6 is 11.3 Å². The van der Waals surface area contributed by atoms with Gasteiger partial charge in [-0.1, -0.05) is 12.1 Å². The van der Waals surface area contributed by atoms with Crippen molar-refractivity contribution in [3.63, 3.8) is 0 Å². The van der Waals surface area contributed by atoms with Crippen molar-refractivity contribution in [2.45, 2.75) is 19.5 Å². The molecule has 0 bridgehead atoms. The third kappa shape index (κ3) is 3.06. The Morgan fingerprint density at radius 3 is 3.19 bits per heavy atom. The predicted molar refractivity (Wildman–Crippen MR) is 81.8 cm³/mol. The lowest BCUT2D eigenvalue weighted by Gasteiger charge is -2.27. The van der Waals surface area contributed by atoms with Crippen LogP contribution in [-0.2, 0) is 19.5 Å². The zero-order chi connectivity index (χ0) is 14.7. The van der Waals surface area contributed by atoms with Crippen molar-refractivity contribution in [2.75, 3.05) is 6.54 Å². The summed E-state index contributed by atoms with van der Waals surface area (Å²) in [5.74, 6) is 0. The monoisotopic (exact) mass is 297 g/mol. The van der Waals surface area contributed by atoms with Crippen molar-refractivity contribution in [1.82, 2.24) is 10.2 Å². The number of hydrogen-bond acceptors (Lipinski definition) is 3. The van der Waals surface area contributed by atoms with E-state index in [1.807, 2.05) is 17.0 Å². The van der Waals surface area contributed by atoms with Gasteiger partial charge in [-0.05, 0) is 41.1 Å². The molecule has 4 nitrogen and oxygen atoms in total. The molecular formula is C16H15N3OS. The van der Waals surface area contributed by atoms with Crippen LogP contribution in [0.1, 0.15) is 21.6 Å². The van der Waals surface area contributed by atoms with E-state index < -0.39 is 0 Å². The molecule has 2 heterocycles. The molecule has 0 radical (unpaired) electrons. The lowest BCUT2D eigenvalue weighted by molar-refractivity contribution is 0.192. The summed E-state index contributed by atoms with van der Waals surface area (Å²) in [6, 6.07) is 11.5. The summed E-state index contributed by atoms with van der Waals surface area (Å²) in [4.78, 5) is 15.4. The van der Waals surface area contributed by atoms with E-state index in [9.17, 15) is 4.79 Å². The molecule has 1 aliphatic rings. The normalized spacial score (nSPS) is 13.4. The van der Waals surface area contributed by atoms with Crippen molar-refractivity contribution in [3.05, 3.63) is 57.3 Å². The predicted octanol–water partition coefficient (Wildman–Crippen LogP) is 2.89. The van der Waals surface area contributed by atoms with Crippen molar-refractivity contribution in [2.24, 2.45) is 0 Å². The molecular weight excluding hydrogens is 282 g/mol. The maximum atomic E-state index is 12.2. The second kappa shape index (κ2) is 5.98. The van der Waals surface area contributed by atoms with Gasteiger partial charge in [0.25, 0.3) is 0 Å². The number of rotatable bonds is 2. The topological polar surface area (TPSA) is 56.1 Å². The molecule has 0 saturated carbocycles. The van der Waals surface area contributed by atoms with E-state index in [0.29, 0.717) is 18.7 Å². The summed E-state index contributed by atoms with van der Waals surface area (Å²) >= 11 is 1.76. The molecule has 1 aromatic heterocycles. The summed E-state index contributed by atoms with van der Waals surface area (Å²) in [7, 11) is 0. The number of fused-ring (bicyclic) bond motifs is 1. The van der Waals surface area contributed by atoms with Crippen molar-refractivity contribution in [1.29, 1.82) is 5.26 Å². The second-order valence-electron chi connectivity index (χ2n) is 5.01. The summed E-state index contributed by atoms with van der Waals surface area (Å²) in [5.41, 5.74) is 2.81. The molecule has 0 spiro atoms.